The predicted octanol–water partition coefficient (Wildman–Crippen LogP) is -0.0779. The maximum absolute atomic E-state index is 12.2. The Kier molecular flexibility index (Phi) is 6.58. The summed E-state index contributed by atoms with van der Waals surface area (Å²) in [5, 5.41) is 20.1. The second kappa shape index (κ2) is 9.51. The summed E-state index contributed by atoms with van der Waals surface area (Å²) in [5.41, 5.74) is 5.58. The third kappa shape index (κ3) is 5.53. The second-order valence-corrected chi connectivity index (χ2v) is 6.60. The molecule has 0 saturated heterocycles. The minimum absolute atomic E-state index is 0.0169. The van der Waals surface area contributed by atoms with Gasteiger partial charge in [-0.2, -0.15) is 4.98 Å². The van der Waals surface area contributed by atoms with Gasteiger partial charge in [-0.1, -0.05) is 0 Å². The average molecular weight is 442 g/mol. The molecule has 166 valence electrons. The lowest BCUT2D eigenvalue weighted by molar-refractivity contribution is -0.140. The summed E-state index contributed by atoms with van der Waals surface area (Å²) in [6.45, 7) is -0.0193. The number of aliphatic carboxylic acids is 2. The molecule has 3 aromatic rings. The van der Waals surface area contributed by atoms with E-state index in [9.17, 15) is 19.2 Å². The van der Waals surface area contributed by atoms with Crippen LogP contribution in [0.2, 0.25) is 0 Å². The van der Waals surface area contributed by atoms with Gasteiger partial charge in [-0.3, -0.25) is 14.4 Å². The largest absolute Gasteiger partial charge is 0.487 e. The number of nitrogens with one attached hydrogen (secondary N) is 2. The normalized spacial score (nSPS) is 11.6. The molecule has 0 radical (unpaired) electrons. The van der Waals surface area contributed by atoms with Gasteiger partial charge in [-0.25, -0.2) is 14.8 Å². The van der Waals surface area contributed by atoms with E-state index < -0.39 is 35.9 Å². The Morgan fingerprint density at radius 3 is 2.53 bits per heavy atom. The van der Waals surface area contributed by atoms with Crippen LogP contribution in [0.15, 0.2) is 35.3 Å². The molecular weight excluding hydrogens is 424 g/mol. The smallest absolute Gasteiger partial charge is 0.326 e. The van der Waals surface area contributed by atoms with E-state index in [4.69, 9.17) is 20.7 Å². The van der Waals surface area contributed by atoms with Crippen molar-refractivity contribution in [1.82, 2.24) is 25.3 Å². The van der Waals surface area contributed by atoms with Crippen LogP contribution in [0.4, 0.5) is 5.95 Å². The zero-order chi connectivity index (χ0) is 23.3. The molecule has 0 fully saturated rings. The number of nitrogen functional groups attached to an aromatic ring is 1. The van der Waals surface area contributed by atoms with Gasteiger partial charge in [0.15, 0.2) is 11.2 Å². The van der Waals surface area contributed by atoms with Crippen LogP contribution < -0.4 is 21.3 Å². The van der Waals surface area contributed by atoms with Crippen molar-refractivity contribution in [1.29, 1.82) is 0 Å². The Balaban J connectivity index is 1.62. The third-order valence-electron chi connectivity index (χ3n) is 4.25. The molecule has 0 unspecified atom stereocenters. The number of H-pyrrole nitrogens is 1. The fourth-order valence-corrected chi connectivity index (χ4v) is 2.67. The summed E-state index contributed by atoms with van der Waals surface area (Å²) in [5.74, 6) is -2.84. The predicted molar refractivity (Wildman–Crippen MR) is 109 cm³/mol. The molecule has 0 aliphatic carbocycles. The van der Waals surface area contributed by atoms with E-state index in [0.717, 1.165) is 0 Å². The number of fused-ring (bicyclic) bond motifs is 1. The lowest BCUT2D eigenvalue weighted by Crippen LogP contribution is -2.41. The molecule has 13 nitrogen and oxygen atoms in total. The molecule has 0 saturated carbocycles. The first-order valence-corrected chi connectivity index (χ1v) is 9.22. The molecule has 0 aliphatic heterocycles. The Labute approximate surface area is 179 Å². The fraction of sp³-hybridized carbons (Fsp3) is 0.211. The zero-order valence-electron chi connectivity index (χ0n) is 16.4. The molecule has 2 heterocycles. The maximum atomic E-state index is 12.2. The van der Waals surface area contributed by atoms with E-state index in [0.29, 0.717) is 11.4 Å². The summed E-state index contributed by atoms with van der Waals surface area (Å²) < 4.78 is 5.57. The number of rotatable bonds is 9. The minimum Gasteiger partial charge on any atom is -0.487 e. The minimum atomic E-state index is -1.33. The number of carboxylic acid groups (broad SMARTS) is 2. The van der Waals surface area contributed by atoms with E-state index in [2.05, 4.69) is 25.3 Å². The lowest BCUT2D eigenvalue weighted by Gasteiger charge is -2.13. The van der Waals surface area contributed by atoms with Crippen LogP contribution in [0.3, 0.4) is 0 Å². The molecule has 0 spiro atoms. The molecular formula is C19H18N6O7. The Morgan fingerprint density at radius 2 is 1.88 bits per heavy atom. The fourth-order valence-electron chi connectivity index (χ4n) is 2.67. The summed E-state index contributed by atoms with van der Waals surface area (Å²) in [4.78, 5) is 60.3. The molecule has 3 rings (SSSR count). The number of nitrogens with two attached hydrogens (primary N) is 1. The van der Waals surface area contributed by atoms with Crippen LogP contribution in [0, 0.1) is 0 Å². The van der Waals surface area contributed by atoms with Crippen LogP contribution in [-0.2, 0) is 16.2 Å². The summed E-state index contributed by atoms with van der Waals surface area (Å²) >= 11 is 0. The zero-order valence-corrected chi connectivity index (χ0v) is 16.4. The van der Waals surface area contributed by atoms with Crippen molar-refractivity contribution in [2.45, 2.75) is 25.5 Å². The van der Waals surface area contributed by atoms with Gasteiger partial charge in [0.25, 0.3) is 5.91 Å². The molecule has 6 N–H and O–H groups in total. The Hall–Kier alpha value is -4.55. The van der Waals surface area contributed by atoms with Crippen molar-refractivity contribution in [2.24, 2.45) is 0 Å². The Bertz CT molecular complexity index is 1230. The van der Waals surface area contributed by atoms with Crippen molar-refractivity contribution in [3.63, 3.8) is 0 Å². The highest BCUT2D eigenvalue weighted by molar-refractivity contribution is 5.96. The number of carbonyl (C=O) groups is 3. The number of benzene rings is 1. The Morgan fingerprint density at radius 1 is 1.16 bits per heavy atom. The highest BCUT2D eigenvalue weighted by atomic mass is 16.5. The van der Waals surface area contributed by atoms with Gasteiger partial charge in [0, 0.05) is 12.0 Å². The SMILES string of the molecule is Nc1nc(=O)c2nc(COc3ccc(C(=O)N[C@@H](CCC(=O)O)C(=O)O)cc3)cnc2[nH]1. The van der Waals surface area contributed by atoms with Crippen LogP contribution in [0.1, 0.15) is 28.9 Å². The van der Waals surface area contributed by atoms with Crippen molar-refractivity contribution < 1.29 is 29.3 Å². The van der Waals surface area contributed by atoms with Crippen LogP contribution in [0.5, 0.6) is 5.75 Å². The van der Waals surface area contributed by atoms with Gasteiger partial charge in [-0.15, -0.1) is 0 Å². The number of carbonyl (C=O) groups excluding carboxylic acids is 1. The monoisotopic (exact) mass is 442 g/mol. The van der Waals surface area contributed by atoms with E-state index in [1.54, 1.807) is 0 Å². The number of hydrogen-bond donors (Lipinski definition) is 5. The molecule has 0 aliphatic rings. The second-order valence-electron chi connectivity index (χ2n) is 6.60. The van der Waals surface area contributed by atoms with E-state index >= 15 is 0 Å². The number of anilines is 1. The molecule has 1 atom stereocenters. The summed E-state index contributed by atoms with van der Waals surface area (Å²) in [7, 11) is 0. The highest BCUT2D eigenvalue weighted by Crippen LogP contribution is 2.15. The van der Waals surface area contributed by atoms with Crippen molar-refractivity contribution in [3.05, 3.63) is 52.1 Å². The number of carboxylic acids is 2. The van der Waals surface area contributed by atoms with Crippen molar-refractivity contribution >= 4 is 35.0 Å². The number of aromatic amines is 1. The molecule has 32 heavy (non-hydrogen) atoms. The van der Waals surface area contributed by atoms with Gasteiger partial charge in [0.2, 0.25) is 5.95 Å². The number of hydrogen-bond acceptors (Lipinski definition) is 9. The van der Waals surface area contributed by atoms with Gasteiger partial charge in [0.05, 0.1) is 11.9 Å². The first-order valence-electron chi connectivity index (χ1n) is 9.22. The maximum Gasteiger partial charge on any atom is 0.326 e. The van der Waals surface area contributed by atoms with Crippen LogP contribution in [0.25, 0.3) is 11.2 Å². The van der Waals surface area contributed by atoms with E-state index in [-0.39, 0.29) is 35.7 Å². The third-order valence-corrected chi connectivity index (χ3v) is 4.25. The first-order chi connectivity index (χ1) is 15.2. The van der Waals surface area contributed by atoms with Gasteiger partial charge in [-0.05, 0) is 30.7 Å². The standard InChI is InChI=1S/C19H18N6O7/c20-19-24-15-14(17(29)25-19)22-10(7-21-15)8-32-11-3-1-9(2-4-11)16(28)23-12(18(30)31)5-6-13(26)27/h1-4,7,12H,5-6,8H2,(H,23,28)(H,26,27)(H,30,31)(H3,20,21,24,25,29)/t12-/m0/s1. The number of aromatic nitrogens is 4. The average Bonchev–Trinajstić information content (AvgIpc) is 2.75. The van der Waals surface area contributed by atoms with Gasteiger partial charge in [0.1, 0.15) is 18.4 Å². The van der Waals surface area contributed by atoms with E-state index in [1.165, 1.54) is 30.5 Å². The molecule has 13 heteroatoms. The van der Waals surface area contributed by atoms with Crippen LogP contribution in [-0.4, -0.2) is 54.0 Å². The van der Waals surface area contributed by atoms with Crippen molar-refractivity contribution in [3.8, 4) is 5.75 Å². The highest BCUT2D eigenvalue weighted by Gasteiger charge is 2.21. The number of nitrogens with zero attached hydrogens (tertiary/aromatic N) is 3. The van der Waals surface area contributed by atoms with Gasteiger partial charge < -0.3 is 31.0 Å². The van der Waals surface area contributed by atoms with Crippen molar-refractivity contribution in [2.75, 3.05) is 5.73 Å². The topological polar surface area (TPSA) is 210 Å². The molecule has 1 aromatic carbocycles. The summed E-state index contributed by atoms with van der Waals surface area (Å²) in [6, 6.07) is 4.50. The number of amides is 1. The molecule has 1 amide bonds. The molecule has 0 bridgehead atoms. The first kappa shape index (κ1) is 22.1. The van der Waals surface area contributed by atoms with E-state index in [1.807, 2.05) is 0 Å². The number of ether oxygens (including phenoxy) is 1. The molecule has 2 aromatic heterocycles. The van der Waals surface area contributed by atoms with Gasteiger partial charge >= 0.3 is 17.5 Å². The quantitative estimate of drug-likeness (QED) is 0.296. The summed E-state index contributed by atoms with van der Waals surface area (Å²) in [6.07, 6.45) is 0.773. The lowest BCUT2D eigenvalue weighted by atomic mass is 10.1. The van der Waals surface area contributed by atoms with Crippen LogP contribution >= 0.6 is 0 Å².